The van der Waals surface area contributed by atoms with Gasteiger partial charge in [0.1, 0.15) is 4.34 Å². The maximum Gasteiger partial charge on any atom is 0.107 e. The van der Waals surface area contributed by atoms with Gasteiger partial charge in [-0.1, -0.05) is 65.6 Å². The summed E-state index contributed by atoms with van der Waals surface area (Å²) in [4.78, 5) is 1.41. The molecule has 0 amide bonds. The number of thiophene rings is 1. The number of hydrogen-bond acceptors (Lipinski definition) is 1. The Kier molecular flexibility index (Phi) is 4.92. The number of alkyl halides is 1. The zero-order valence-electron chi connectivity index (χ0n) is 10.1. The molecule has 0 saturated carbocycles. The predicted molar refractivity (Wildman–Crippen MR) is 88.3 cm³/mol. The summed E-state index contributed by atoms with van der Waals surface area (Å²) < 4.78 is 1.76. The van der Waals surface area contributed by atoms with Gasteiger partial charge in [-0.25, -0.2) is 0 Å². The monoisotopic (exact) mass is 406 g/mol. The lowest BCUT2D eigenvalue weighted by Gasteiger charge is -2.10. The lowest BCUT2D eigenvalue weighted by Crippen LogP contribution is -1.92. The minimum absolute atomic E-state index is 0.201. The lowest BCUT2D eigenvalue weighted by molar-refractivity contribution is 0.865. The largest absolute Gasteiger partial charge is 0.126 e. The highest BCUT2D eigenvalue weighted by Crippen LogP contribution is 2.41. The SMILES string of the molecule is CC(C)c1ccc(C(Br)c2cc(Br)c(Cl)s2)cc1. The molecule has 96 valence electrons. The molecule has 0 spiro atoms. The fraction of sp³-hybridized carbons (Fsp3) is 0.286. The maximum absolute atomic E-state index is 6.08. The van der Waals surface area contributed by atoms with Gasteiger partial charge >= 0.3 is 0 Å². The topological polar surface area (TPSA) is 0 Å². The first-order valence-corrected chi connectivity index (χ1v) is 8.58. The molecular formula is C14H13Br2ClS. The highest BCUT2D eigenvalue weighted by Gasteiger charge is 2.15. The second-order valence-electron chi connectivity index (χ2n) is 4.45. The van der Waals surface area contributed by atoms with Gasteiger partial charge in [0.2, 0.25) is 0 Å². The Labute approximate surface area is 134 Å². The summed E-state index contributed by atoms with van der Waals surface area (Å²) in [7, 11) is 0. The Hall–Kier alpha value is 0.170. The van der Waals surface area contributed by atoms with Crippen LogP contribution in [0.1, 0.15) is 40.6 Å². The Morgan fingerprint density at radius 3 is 2.11 bits per heavy atom. The van der Waals surface area contributed by atoms with E-state index in [0.29, 0.717) is 5.92 Å². The molecule has 18 heavy (non-hydrogen) atoms. The van der Waals surface area contributed by atoms with Crippen LogP contribution in [0.15, 0.2) is 34.8 Å². The maximum atomic E-state index is 6.08. The summed E-state index contributed by atoms with van der Waals surface area (Å²) in [5.74, 6) is 0.568. The molecule has 0 aliphatic rings. The first kappa shape index (κ1) is 14.6. The Morgan fingerprint density at radius 2 is 1.67 bits per heavy atom. The van der Waals surface area contributed by atoms with Gasteiger partial charge in [-0.05, 0) is 39.0 Å². The lowest BCUT2D eigenvalue weighted by atomic mass is 10.0. The molecule has 0 bridgehead atoms. The Bertz CT molecular complexity index is 512. The Morgan fingerprint density at radius 1 is 1.11 bits per heavy atom. The third-order valence-electron chi connectivity index (χ3n) is 2.81. The molecule has 0 fully saturated rings. The van der Waals surface area contributed by atoms with E-state index in [1.54, 1.807) is 11.3 Å². The van der Waals surface area contributed by atoms with Gasteiger partial charge in [0.25, 0.3) is 0 Å². The number of hydrogen-bond donors (Lipinski definition) is 0. The van der Waals surface area contributed by atoms with Crippen molar-refractivity contribution in [2.24, 2.45) is 0 Å². The summed E-state index contributed by atoms with van der Waals surface area (Å²) in [5.41, 5.74) is 2.62. The van der Waals surface area contributed by atoms with Crippen molar-refractivity contribution >= 4 is 54.8 Å². The normalized spacial score (nSPS) is 13.0. The van der Waals surface area contributed by atoms with Crippen molar-refractivity contribution in [3.05, 3.63) is 55.1 Å². The molecule has 1 atom stereocenters. The van der Waals surface area contributed by atoms with Crippen LogP contribution in [-0.4, -0.2) is 0 Å². The summed E-state index contributed by atoms with van der Waals surface area (Å²) >= 11 is 14.9. The molecular weight excluding hydrogens is 395 g/mol. The minimum Gasteiger partial charge on any atom is -0.126 e. The van der Waals surface area contributed by atoms with Crippen molar-refractivity contribution < 1.29 is 0 Å². The zero-order chi connectivity index (χ0) is 13.3. The molecule has 1 aromatic carbocycles. The smallest absolute Gasteiger partial charge is 0.107 e. The van der Waals surface area contributed by atoms with Crippen LogP contribution in [0.25, 0.3) is 0 Å². The van der Waals surface area contributed by atoms with E-state index in [0.717, 1.165) is 8.81 Å². The van der Waals surface area contributed by atoms with E-state index in [2.05, 4.69) is 76.0 Å². The summed E-state index contributed by atoms with van der Waals surface area (Å²) in [6.45, 7) is 4.41. The standard InChI is InChI=1S/C14H13Br2ClS/c1-8(2)9-3-5-10(6-4-9)13(16)12-7-11(15)14(17)18-12/h3-8,13H,1-2H3. The van der Waals surface area contributed by atoms with Crippen LogP contribution in [-0.2, 0) is 0 Å². The third kappa shape index (κ3) is 3.19. The predicted octanol–water partition coefficient (Wildman–Crippen LogP) is 6.77. The quantitative estimate of drug-likeness (QED) is 0.492. The molecule has 1 unspecified atom stereocenters. The zero-order valence-corrected chi connectivity index (χ0v) is 14.8. The fourth-order valence-electron chi connectivity index (χ4n) is 1.70. The first-order chi connectivity index (χ1) is 8.49. The molecule has 0 aliphatic heterocycles. The van der Waals surface area contributed by atoms with Crippen molar-refractivity contribution in [1.29, 1.82) is 0 Å². The van der Waals surface area contributed by atoms with E-state index >= 15 is 0 Å². The highest BCUT2D eigenvalue weighted by atomic mass is 79.9. The Balaban J connectivity index is 2.25. The molecule has 4 heteroatoms. The molecule has 1 aromatic heterocycles. The van der Waals surface area contributed by atoms with E-state index in [1.165, 1.54) is 16.0 Å². The van der Waals surface area contributed by atoms with Gasteiger partial charge in [-0.3, -0.25) is 0 Å². The van der Waals surface area contributed by atoms with Crippen molar-refractivity contribution in [2.75, 3.05) is 0 Å². The van der Waals surface area contributed by atoms with Crippen LogP contribution in [0.3, 0.4) is 0 Å². The molecule has 0 saturated heterocycles. The molecule has 2 rings (SSSR count). The van der Waals surface area contributed by atoms with E-state index in [1.807, 2.05) is 0 Å². The first-order valence-electron chi connectivity index (χ1n) is 5.67. The van der Waals surface area contributed by atoms with Crippen LogP contribution in [0.5, 0.6) is 0 Å². The van der Waals surface area contributed by atoms with Crippen molar-refractivity contribution in [1.82, 2.24) is 0 Å². The van der Waals surface area contributed by atoms with Crippen LogP contribution < -0.4 is 0 Å². The molecule has 0 nitrogen and oxygen atoms in total. The average Bonchev–Trinajstić information content (AvgIpc) is 2.69. The van der Waals surface area contributed by atoms with Gasteiger partial charge in [0.05, 0.1) is 4.83 Å². The van der Waals surface area contributed by atoms with Gasteiger partial charge in [0.15, 0.2) is 0 Å². The molecule has 0 N–H and O–H groups in total. The van der Waals surface area contributed by atoms with Crippen LogP contribution >= 0.6 is 54.8 Å². The van der Waals surface area contributed by atoms with Gasteiger partial charge < -0.3 is 0 Å². The molecule has 2 aromatic rings. The van der Waals surface area contributed by atoms with Gasteiger partial charge in [-0.15, -0.1) is 11.3 Å². The minimum atomic E-state index is 0.201. The fourth-order valence-corrected chi connectivity index (χ4v) is 4.16. The van der Waals surface area contributed by atoms with E-state index in [-0.39, 0.29) is 4.83 Å². The number of halogens is 3. The molecule has 0 radical (unpaired) electrons. The highest BCUT2D eigenvalue weighted by molar-refractivity contribution is 9.10. The average molecular weight is 409 g/mol. The molecule has 0 aliphatic carbocycles. The second-order valence-corrected chi connectivity index (χ2v) is 7.91. The number of rotatable bonds is 3. The second kappa shape index (κ2) is 6.08. The van der Waals surface area contributed by atoms with Crippen molar-refractivity contribution in [2.45, 2.75) is 24.6 Å². The van der Waals surface area contributed by atoms with E-state index in [9.17, 15) is 0 Å². The van der Waals surface area contributed by atoms with Gasteiger partial charge in [-0.2, -0.15) is 0 Å². The molecule has 1 heterocycles. The van der Waals surface area contributed by atoms with E-state index in [4.69, 9.17) is 11.6 Å². The van der Waals surface area contributed by atoms with Crippen LogP contribution in [0.4, 0.5) is 0 Å². The van der Waals surface area contributed by atoms with Crippen LogP contribution in [0.2, 0.25) is 4.34 Å². The number of benzene rings is 1. The summed E-state index contributed by atoms with van der Waals surface area (Å²) in [6.07, 6.45) is 0. The summed E-state index contributed by atoms with van der Waals surface area (Å²) in [6, 6.07) is 10.8. The van der Waals surface area contributed by atoms with Crippen molar-refractivity contribution in [3.63, 3.8) is 0 Å². The summed E-state index contributed by atoms with van der Waals surface area (Å²) in [5, 5.41) is 0. The third-order valence-corrected chi connectivity index (χ3v) is 6.67. The van der Waals surface area contributed by atoms with Crippen molar-refractivity contribution in [3.8, 4) is 0 Å². The van der Waals surface area contributed by atoms with Crippen LogP contribution in [0, 0.1) is 0 Å². The van der Waals surface area contributed by atoms with E-state index < -0.39 is 0 Å². The van der Waals surface area contributed by atoms with Gasteiger partial charge in [0, 0.05) is 9.35 Å².